The van der Waals surface area contributed by atoms with Gasteiger partial charge in [0, 0.05) is 26.0 Å². The molecule has 0 aliphatic heterocycles. The van der Waals surface area contributed by atoms with E-state index in [0.29, 0.717) is 18.1 Å². The van der Waals surface area contributed by atoms with E-state index >= 15 is 0 Å². The Bertz CT molecular complexity index is 626. The molecule has 1 unspecified atom stereocenters. The van der Waals surface area contributed by atoms with Crippen LogP contribution in [0.25, 0.3) is 0 Å². The Kier molecular flexibility index (Phi) is 5.16. The number of hydrogen-bond acceptors (Lipinski definition) is 5. The lowest BCUT2D eigenvalue weighted by Gasteiger charge is -2.27. The predicted octanol–water partition coefficient (Wildman–Crippen LogP) is 1.95. The Morgan fingerprint density at radius 3 is 2.68 bits per heavy atom. The van der Waals surface area contributed by atoms with E-state index in [1.54, 1.807) is 38.2 Å². The monoisotopic (exact) mass is 300 g/mol. The second-order valence-electron chi connectivity index (χ2n) is 5.08. The highest BCUT2D eigenvalue weighted by Crippen LogP contribution is 2.19. The standard InChI is InChI=1S/C16H20N4O2/c1-11-9-14(19-12(2)18-11)16(21)20(3)15(10-22-4)13-7-5-6-8-17-13/h5-9,15H,10H2,1-4H3. The van der Waals surface area contributed by atoms with Gasteiger partial charge < -0.3 is 9.64 Å². The van der Waals surface area contributed by atoms with Crippen molar-refractivity contribution >= 4 is 5.91 Å². The first-order valence-electron chi connectivity index (χ1n) is 7.02. The summed E-state index contributed by atoms with van der Waals surface area (Å²) < 4.78 is 5.25. The zero-order chi connectivity index (χ0) is 16.1. The molecule has 0 bridgehead atoms. The Balaban J connectivity index is 2.30. The summed E-state index contributed by atoms with van der Waals surface area (Å²) in [5.74, 6) is 0.402. The zero-order valence-corrected chi connectivity index (χ0v) is 13.3. The van der Waals surface area contributed by atoms with Crippen molar-refractivity contribution in [2.75, 3.05) is 20.8 Å². The quantitative estimate of drug-likeness (QED) is 0.844. The molecule has 1 amide bonds. The first kappa shape index (κ1) is 16.0. The number of carbonyl (C=O) groups is 1. The fourth-order valence-electron chi connectivity index (χ4n) is 2.28. The van der Waals surface area contributed by atoms with Gasteiger partial charge in [-0.3, -0.25) is 9.78 Å². The molecule has 0 saturated carbocycles. The SMILES string of the molecule is COCC(c1ccccn1)N(C)C(=O)c1cc(C)nc(C)n1. The lowest BCUT2D eigenvalue weighted by Crippen LogP contribution is -2.35. The van der Waals surface area contributed by atoms with Crippen molar-refractivity contribution in [2.45, 2.75) is 19.9 Å². The average Bonchev–Trinajstić information content (AvgIpc) is 2.51. The number of pyridine rings is 1. The number of likely N-dealkylation sites (N-methyl/N-ethyl adjacent to an activating group) is 1. The van der Waals surface area contributed by atoms with Crippen LogP contribution in [-0.2, 0) is 4.74 Å². The Morgan fingerprint density at radius 2 is 2.09 bits per heavy atom. The molecule has 0 saturated heterocycles. The van der Waals surface area contributed by atoms with Gasteiger partial charge in [-0.05, 0) is 32.0 Å². The summed E-state index contributed by atoms with van der Waals surface area (Å²) in [5, 5.41) is 0. The van der Waals surface area contributed by atoms with Crippen LogP contribution in [0.3, 0.4) is 0 Å². The van der Waals surface area contributed by atoms with E-state index in [0.717, 1.165) is 11.4 Å². The van der Waals surface area contributed by atoms with Gasteiger partial charge in [0.2, 0.25) is 0 Å². The third-order valence-electron chi connectivity index (χ3n) is 3.33. The minimum Gasteiger partial charge on any atom is -0.382 e. The van der Waals surface area contributed by atoms with Gasteiger partial charge in [0.25, 0.3) is 5.91 Å². The first-order chi connectivity index (χ1) is 10.5. The minimum atomic E-state index is -0.269. The molecule has 0 aliphatic carbocycles. The average molecular weight is 300 g/mol. The van der Waals surface area contributed by atoms with Crippen LogP contribution in [0.5, 0.6) is 0 Å². The maximum absolute atomic E-state index is 12.7. The number of hydrogen-bond donors (Lipinski definition) is 0. The van der Waals surface area contributed by atoms with Crippen LogP contribution in [0.4, 0.5) is 0 Å². The van der Waals surface area contributed by atoms with Crippen LogP contribution in [-0.4, -0.2) is 46.5 Å². The van der Waals surface area contributed by atoms with Gasteiger partial charge in [-0.1, -0.05) is 6.07 Å². The molecule has 22 heavy (non-hydrogen) atoms. The summed E-state index contributed by atoms with van der Waals surface area (Å²) in [4.78, 5) is 27.0. The van der Waals surface area contributed by atoms with E-state index in [1.165, 1.54) is 0 Å². The van der Waals surface area contributed by atoms with Gasteiger partial charge in [-0.25, -0.2) is 9.97 Å². The zero-order valence-electron chi connectivity index (χ0n) is 13.3. The molecule has 0 radical (unpaired) electrons. The van der Waals surface area contributed by atoms with E-state index in [2.05, 4.69) is 15.0 Å². The van der Waals surface area contributed by atoms with Gasteiger partial charge in [0.15, 0.2) is 0 Å². The molecule has 2 aromatic rings. The lowest BCUT2D eigenvalue weighted by molar-refractivity contribution is 0.0589. The number of carbonyl (C=O) groups excluding carboxylic acids is 1. The molecule has 116 valence electrons. The number of aromatic nitrogens is 3. The van der Waals surface area contributed by atoms with E-state index in [-0.39, 0.29) is 11.9 Å². The first-order valence-corrected chi connectivity index (χ1v) is 7.02. The van der Waals surface area contributed by atoms with Crippen LogP contribution in [0.2, 0.25) is 0 Å². The molecule has 6 nitrogen and oxygen atoms in total. The fourth-order valence-corrected chi connectivity index (χ4v) is 2.28. The van der Waals surface area contributed by atoms with Gasteiger partial charge in [0.1, 0.15) is 11.5 Å². The normalized spacial score (nSPS) is 12.0. The van der Waals surface area contributed by atoms with Gasteiger partial charge >= 0.3 is 0 Å². The Morgan fingerprint density at radius 1 is 1.32 bits per heavy atom. The van der Waals surface area contributed by atoms with Crippen molar-refractivity contribution in [3.8, 4) is 0 Å². The number of rotatable bonds is 5. The Labute approximate surface area is 130 Å². The molecular formula is C16H20N4O2. The molecule has 2 heterocycles. The maximum Gasteiger partial charge on any atom is 0.272 e. The highest BCUT2D eigenvalue weighted by molar-refractivity contribution is 5.92. The smallest absolute Gasteiger partial charge is 0.272 e. The van der Waals surface area contributed by atoms with Crippen molar-refractivity contribution in [1.29, 1.82) is 0 Å². The Hall–Kier alpha value is -2.34. The second-order valence-corrected chi connectivity index (χ2v) is 5.08. The summed E-state index contributed by atoms with van der Waals surface area (Å²) in [6.45, 7) is 3.98. The van der Waals surface area contributed by atoms with Crippen molar-refractivity contribution in [1.82, 2.24) is 19.9 Å². The van der Waals surface area contributed by atoms with E-state index in [1.807, 2.05) is 25.1 Å². The molecule has 0 fully saturated rings. The fraction of sp³-hybridized carbons (Fsp3) is 0.375. The van der Waals surface area contributed by atoms with E-state index < -0.39 is 0 Å². The lowest BCUT2D eigenvalue weighted by atomic mass is 10.1. The number of ether oxygens (including phenoxy) is 1. The molecular weight excluding hydrogens is 280 g/mol. The molecule has 0 spiro atoms. The second kappa shape index (κ2) is 7.09. The maximum atomic E-state index is 12.7. The van der Waals surface area contributed by atoms with Crippen molar-refractivity contribution in [3.63, 3.8) is 0 Å². The van der Waals surface area contributed by atoms with Gasteiger partial charge in [-0.15, -0.1) is 0 Å². The number of methoxy groups -OCH3 is 1. The van der Waals surface area contributed by atoms with Crippen molar-refractivity contribution in [3.05, 3.63) is 53.4 Å². The van der Waals surface area contributed by atoms with Crippen molar-refractivity contribution < 1.29 is 9.53 Å². The van der Waals surface area contributed by atoms with Crippen LogP contribution >= 0.6 is 0 Å². The largest absolute Gasteiger partial charge is 0.382 e. The van der Waals surface area contributed by atoms with Crippen molar-refractivity contribution in [2.24, 2.45) is 0 Å². The van der Waals surface area contributed by atoms with Crippen LogP contribution in [0.15, 0.2) is 30.5 Å². The van der Waals surface area contributed by atoms with Crippen LogP contribution in [0.1, 0.15) is 33.7 Å². The minimum absolute atomic E-state index is 0.179. The summed E-state index contributed by atoms with van der Waals surface area (Å²) in [6.07, 6.45) is 1.70. The molecule has 2 rings (SSSR count). The van der Waals surface area contributed by atoms with Gasteiger partial charge in [-0.2, -0.15) is 0 Å². The molecule has 0 aromatic carbocycles. The number of amides is 1. The molecule has 0 aliphatic rings. The number of nitrogens with zero attached hydrogens (tertiary/aromatic N) is 4. The van der Waals surface area contributed by atoms with Crippen LogP contribution < -0.4 is 0 Å². The molecule has 1 atom stereocenters. The summed E-state index contributed by atoms with van der Waals surface area (Å²) in [6, 6.07) is 7.03. The summed E-state index contributed by atoms with van der Waals surface area (Å²) in [5.41, 5.74) is 1.93. The summed E-state index contributed by atoms with van der Waals surface area (Å²) >= 11 is 0. The van der Waals surface area contributed by atoms with E-state index in [4.69, 9.17) is 4.74 Å². The number of aryl methyl sites for hydroxylation is 2. The topological polar surface area (TPSA) is 68.2 Å². The predicted molar refractivity (Wildman–Crippen MR) is 82.5 cm³/mol. The third kappa shape index (κ3) is 3.65. The highest BCUT2D eigenvalue weighted by atomic mass is 16.5. The van der Waals surface area contributed by atoms with Gasteiger partial charge in [0.05, 0.1) is 18.3 Å². The van der Waals surface area contributed by atoms with Crippen LogP contribution in [0, 0.1) is 13.8 Å². The highest BCUT2D eigenvalue weighted by Gasteiger charge is 2.25. The third-order valence-corrected chi connectivity index (χ3v) is 3.33. The summed E-state index contributed by atoms with van der Waals surface area (Å²) in [7, 11) is 3.33. The molecule has 6 heteroatoms. The molecule has 2 aromatic heterocycles. The van der Waals surface area contributed by atoms with E-state index in [9.17, 15) is 4.79 Å². The molecule has 0 N–H and O–H groups in total.